The van der Waals surface area contributed by atoms with Crippen molar-refractivity contribution in [3.8, 4) is 5.75 Å². The molecule has 2 aliphatic rings. The van der Waals surface area contributed by atoms with Gasteiger partial charge >= 0.3 is 0 Å². The van der Waals surface area contributed by atoms with E-state index in [2.05, 4.69) is 10.3 Å². The number of benzene rings is 1. The molecule has 0 bridgehead atoms. The van der Waals surface area contributed by atoms with E-state index in [0.717, 1.165) is 0 Å². The lowest BCUT2D eigenvalue weighted by Crippen LogP contribution is -2.60. The number of nitrogens with zero attached hydrogens (tertiary/aromatic N) is 2. The summed E-state index contributed by atoms with van der Waals surface area (Å²) < 4.78 is 5.06. The number of carbonyl (C=O) groups is 3. The number of nitrogens with one attached hydrogen (secondary N) is 1. The van der Waals surface area contributed by atoms with E-state index < -0.39 is 11.4 Å². The molecule has 2 heterocycles. The van der Waals surface area contributed by atoms with Crippen LogP contribution in [0.15, 0.2) is 53.7 Å². The molecule has 3 rings (SSSR count). The fraction of sp³-hybridized carbons (Fsp3) is 0.263. The summed E-state index contributed by atoms with van der Waals surface area (Å²) >= 11 is 0. The predicted molar refractivity (Wildman–Crippen MR) is 95.9 cm³/mol. The number of ether oxygens (including phenoxy) is 1. The lowest BCUT2D eigenvalue weighted by atomic mass is 9.91. The van der Waals surface area contributed by atoms with E-state index in [1.54, 1.807) is 67.6 Å². The smallest absolute Gasteiger partial charge is 0.250 e. The summed E-state index contributed by atoms with van der Waals surface area (Å²) in [7, 11) is 1.55. The van der Waals surface area contributed by atoms with Gasteiger partial charge in [0.1, 0.15) is 17.1 Å². The van der Waals surface area contributed by atoms with Crippen LogP contribution in [0, 0.1) is 0 Å². The second-order valence-electron chi connectivity index (χ2n) is 6.22. The van der Waals surface area contributed by atoms with Gasteiger partial charge in [0.15, 0.2) is 5.78 Å². The maximum Gasteiger partial charge on any atom is 0.250 e. The molecule has 0 radical (unpaired) electrons. The molecule has 26 heavy (non-hydrogen) atoms. The Morgan fingerprint density at radius 3 is 2.69 bits per heavy atom. The van der Waals surface area contributed by atoms with E-state index in [0.29, 0.717) is 17.1 Å². The molecule has 0 fully saturated rings. The first-order chi connectivity index (χ1) is 12.4. The molecule has 0 spiro atoms. The Morgan fingerprint density at radius 2 is 2.00 bits per heavy atom. The first-order valence-corrected chi connectivity index (χ1v) is 8.15. The SMILES string of the molecule is COc1ccc(C(=O)CNC(=O)C2(C)CC(=O)N=C3C=CC=CN32)cc1. The van der Waals surface area contributed by atoms with Crippen LogP contribution in [-0.4, -0.2) is 47.5 Å². The number of aliphatic imine (C=N–C) groups is 1. The Morgan fingerprint density at radius 1 is 1.27 bits per heavy atom. The Kier molecular flexibility index (Phi) is 4.71. The Balaban J connectivity index is 1.69. The van der Waals surface area contributed by atoms with Crippen molar-refractivity contribution in [1.82, 2.24) is 10.2 Å². The molecule has 0 aliphatic carbocycles. The molecule has 2 aliphatic heterocycles. The van der Waals surface area contributed by atoms with Crippen LogP contribution < -0.4 is 10.1 Å². The summed E-state index contributed by atoms with van der Waals surface area (Å²) in [5.74, 6) is 0.0727. The number of amides is 2. The number of allylic oxidation sites excluding steroid dienone is 2. The number of amidine groups is 1. The van der Waals surface area contributed by atoms with Gasteiger partial charge in [-0.25, -0.2) is 0 Å². The summed E-state index contributed by atoms with van der Waals surface area (Å²) in [5.41, 5.74) is -0.658. The normalized spacial score (nSPS) is 21.1. The molecule has 0 saturated carbocycles. The van der Waals surface area contributed by atoms with Gasteiger partial charge in [0.2, 0.25) is 5.91 Å². The molecule has 7 heteroatoms. The minimum absolute atomic E-state index is 0.0583. The van der Waals surface area contributed by atoms with Crippen LogP contribution in [0.2, 0.25) is 0 Å². The van der Waals surface area contributed by atoms with Crippen LogP contribution in [0.4, 0.5) is 0 Å². The third-order valence-electron chi connectivity index (χ3n) is 4.42. The van der Waals surface area contributed by atoms with Gasteiger partial charge in [0.25, 0.3) is 5.91 Å². The van der Waals surface area contributed by atoms with Gasteiger partial charge in [-0.1, -0.05) is 6.08 Å². The number of Topliss-reactive ketones (excluding diaryl/α,β-unsaturated/α-hetero) is 1. The Labute approximate surface area is 151 Å². The second-order valence-corrected chi connectivity index (χ2v) is 6.22. The van der Waals surface area contributed by atoms with Crippen LogP contribution in [0.5, 0.6) is 5.75 Å². The minimum atomic E-state index is -1.13. The molecule has 1 atom stereocenters. The minimum Gasteiger partial charge on any atom is -0.497 e. The summed E-state index contributed by atoms with van der Waals surface area (Å²) in [6, 6.07) is 6.65. The molecule has 1 N–H and O–H groups in total. The Hall–Kier alpha value is -3.22. The topological polar surface area (TPSA) is 88.1 Å². The van der Waals surface area contributed by atoms with Crippen molar-refractivity contribution >= 4 is 23.4 Å². The predicted octanol–water partition coefficient (Wildman–Crippen LogP) is 1.47. The molecule has 0 saturated heterocycles. The van der Waals surface area contributed by atoms with E-state index in [4.69, 9.17) is 4.74 Å². The summed E-state index contributed by atoms with van der Waals surface area (Å²) in [6.45, 7) is 1.51. The average molecular weight is 353 g/mol. The highest BCUT2D eigenvalue weighted by Gasteiger charge is 2.45. The lowest BCUT2D eigenvalue weighted by Gasteiger charge is -2.41. The standard InChI is InChI=1S/C19H19N3O4/c1-19(11-17(24)21-16-5-3-4-10-22(16)19)18(25)20-12-15(23)13-6-8-14(26-2)9-7-13/h3-10H,11-12H2,1-2H3,(H,20,25). The highest BCUT2D eigenvalue weighted by molar-refractivity contribution is 6.10. The number of hydrogen-bond acceptors (Lipinski definition) is 5. The van der Waals surface area contributed by atoms with Gasteiger partial charge in [-0.15, -0.1) is 0 Å². The zero-order chi connectivity index (χ0) is 18.7. The molecule has 7 nitrogen and oxygen atoms in total. The van der Waals surface area contributed by atoms with Crippen LogP contribution in [0.25, 0.3) is 0 Å². The highest BCUT2D eigenvalue weighted by Crippen LogP contribution is 2.28. The zero-order valence-corrected chi connectivity index (χ0v) is 14.6. The monoisotopic (exact) mass is 353 g/mol. The number of ketones is 1. The quantitative estimate of drug-likeness (QED) is 0.810. The number of fused-ring (bicyclic) bond motifs is 1. The van der Waals surface area contributed by atoms with Crippen molar-refractivity contribution in [3.05, 3.63) is 54.3 Å². The maximum absolute atomic E-state index is 12.8. The molecule has 2 amide bonds. The number of carbonyl (C=O) groups excluding carboxylic acids is 3. The third-order valence-corrected chi connectivity index (χ3v) is 4.42. The van der Waals surface area contributed by atoms with E-state index in [9.17, 15) is 14.4 Å². The first kappa shape index (κ1) is 17.6. The largest absolute Gasteiger partial charge is 0.497 e. The fourth-order valence-electron chi connectivity index (χ4n) is 2.91. The van der Waals surface area contributed by atoms with Gasteiger partial charge in [-0.3, -0.25) is 14.4 Å². The van der Waals surface area contributed by atoms with Crippen LogP contribution in [0.3, 0.4) is 0 Å². The molecule has 1 aromatic rings. The van der Waals surface area contributed by atoms with Gasteiger partial charge in [-0.2, -0.15) is 4.99 Å². The summed E-state index contributed by atoms with van der Waals surface area (Å²) in [4.78, 5) is 42.6. The molecule has 134 valence electrons. The van der Waals surface area contributed by atoms with Crippen molar-refractivity contribution < 1.29 is 19.1 Å². The van der Waals surface area contributed by atoms with Gasteiger partial charge in [-0.05, 0) is 43.3 Å². The van der Waals surface area contributed by atoms with Crippen LogP contribution >= 0.6 is 0 Å². The van der Waals surface area contributed by atoms with E-state index in [1.807, 2.05) is 0 Å². The number of rotatable bonds is 5. The first-order valence-electron chi connectivity index (χ1n) is 8.15. The molecule has 0 aromatic heterocycles. The molecule has 1 unspecified atom stereocenters. The second kappa shape index (κ2) is 6.95. The van der Waals surface area contributed by atoms with Crippen molar-refractivity contribution in [2.24, 2.45) is 4.99 Å². The van der Waals surface area contributed by atoms with Gasteiger partial charge < -0.3 is 15.0 Å². The lowest BCUT2D eigenvalue weighted by molar-refractivity contribution is -0.134. The van der Waals surface area contributed by atoms with Crippen molar-refractivity contribution in [1.29, 1.82) is 0 Å². The number of hydrogen-bond donors (Lipinski definition) is 1. The van der Waals surface area contributed by atoms with Crippen LogP contribution in [0.1, 0.15) is 23.7 Å². The van der Waals surface area contributed by atoms with E-state index >= 15 is 0 Å². The molecular weight excluding hydrogens is 334 g/mol. The van der Waals surface area contributed by atoms with Gasteiger partial charge in [0.05, 0.1) is 20.1 Å². The summed E-state index contributed by atoms with van der Waals surface area (Å²) in [6.07, 6.45) is 6.83. The third kappa shape index (κ3) is 3.28. The highest BCUT2D eigenvalue weighted by atomic mass is 16.5. The Bertz CT molecular complexity index is 839. The van der Waals surface area contributed by atoms with E-state index in [1.165, 1.54) is 0 Å². The maximum atomic E-state index is 12.8. The number of methoxy groups -OCH3 is 1. The van der Waals surface area contributed by atoms with Crippen molar-refractivity contribution in [2.75, 3.05) is 13.7 Å². The average Bonchev–Trinajstić information content (AvgIpc) is 2.65. The van der Waals surface area contributed by atoms with Crippen molar-refractivity contribution in [2.45, 2.75) is 18.9 Å². The van der Waals surface area contributed by atoms with Crippen LogP contribution in [-0.2, 0) is 9.59 Å². The fourth-order valence-corrected chi connectivity index (χ4v) is 2.91. The van der Waals surface area contributed by atoms with Gasteiger partial charge in [0, 0.05) is 11.8 Å². The van der Waals surface area contributed by atoms with Crippen molar-refractivity contribution in [3.63, 3.8) is 0 Å². The molecule has 1 aromatic carbocycles. The van der Waals surface area contributed by atoms with E-state index in [-0.39, 0.29) is 24.7 Å². The molecular formula is C19H19N3O4. The summed E-state index contributed by atoms with van der Waals surface area (Å²) in [5, 5.41) is 2.65. The zero-order valence-electron chi connectivity index (χ0n) is 14.6.